The van der Waals surface area contributed by atoms with Gasteiger partial charge in [-0.15, -0.1) is 0 Å². The standard InChI is InChI=1S/C32H29ClN4O/c1-23(25-13-7-3-8-14-25)34-30(38)19-20-37(22-24-11-5-2-6-12-24)32-28-18-17-27(33)21-29(28)35-31(36-32)26-15-9-4-10-16-26/h2-18,21,23H,19-20,22H2,1H3,(H,34,38)/t23-/m0/s1. The van der Waals surface area contributed by atoms with E-state index < -0.39 is 0 Å². The highest BCUT2D eigenvalue weighted by Crippen LogP contribution is 2.30. The number of benzene rings is 4. The Hall–Kier alpha value is -4.22. The Balaban J connectivity index is 1.48. The molecule has 5 nitrogen and oxygen atoms in total. The second-order valence-corrected chi connectivity index (χ2v) is 9.69. The van der Waals surface area contributed by atoms with Crippen LogP contribution in [0.4, 0.5) is 5.82 Å². The van der Waals surface area contributed by atoms with Crippen LogP contribution in [0.5, 0.6) is 0 Å². The van der Waals surface area contributed by atoms with Gasteiger partial charge in [-0.3, -0.25) is 4.79 Å². The second kappa shape index (κ2) is 11.9. The third-order valence-electron chi connectivity index (χ3n) is 6.47. The molecular weight excluding hydrogens is 492 g/mol. The van der Waals surface area contributed by atoms with Gasteiger partial charge in [0.05, 0.1) is 11.6 Å². The molecule has 1 heterocycles. The van der Waals surface area contributed by atoms with Crippen LogP contribution >= 0.6 is 11.6 Å². The first kappa shape index (κ1) is 25.4. The summed E-state index contributed by atoms with van der Waals surface area (Å²) in [7, 11) is 0. The first-order valence-corrected chi connectivity index (χ1v) is 13.1. The van der Waals surface area contributed by atoms with Crippen LogP contribution in [0.15, 0.2) is 109 Å². The minimum Gasteiger partial charge on any atom is -0.351 e. The predicted octanol–water partition coefficient (Wildman–Crippen LogP) is 7.22. The van der Waals surface area contributed by atoms with Crippen LogP contribution in [0.3, 0.4) is 0 Å². The lowest BCUT2D eigenvalue weighted by molar-refractivity contribution is -0.121. The fraction of sp³-hybridized carbons (Fsp3) is 0.156. The Morgan fingerprint density at radius 3 is 2.24 bits per heavy atom. The Morgan fingerprint density at radius 1 is 0.868 bits per heavy atom. The van der Waals surface area contributed by atoms with Crippen LogP contribution in [0, 0.1) is 0 Å². The minimum atomic E-state index is -0.0713. The van der Waals surface area contributed by atoms with Crippen LogP contribution in [-0.2, 0) is 11.3 Å². The quantitative estimate of drug-likeness (QED) is 0.223. The number of nitrogens with one attached hydrogen (secondary N) is 1. The number of halogens is 1. The van der Waals surface area contributed by atoms with Crippen molar-refractivity contribution in [2.75, 3.05) is 11.4 Å². The number of hydrogen-bond acceptors (Lipinski definition) is 4. The third-order valence-corrected chi connectivity index (χ3v) is 6.71. The van der Waals surface area contributed by atoms with Crippen molar-refractivity contribution in [3.8, 4) is 11.4 Å². The first-order valence-electron chi connectivity index (χ1n) is 12.7. The van der Waals surface area contributed by atoms with Crippen LogP contribution in [0.2, 0.25) is 5.02 Å². The number of carbonyl (C=O) groups excluding carboxylic acids is 1. The lowest BCUT2D eigenvalue weighted by atomic mass is 10.1. The lowest BCUT2D eigenvalue weighted by Crippen LogP contribution is -2.32. The Morgan fingerprint density at radius 2 is 1.53 bits per heavy atom. The minimum absolute atomic E-state index is 0.0101. The van der Waals surface area contributed by atoms with E-state index in [-0.39, 0.29) is 11.9 Å². The van der Waals surface area contributed by atoms with Gasteiger partial charge in [0.1, 0.15) is 5.82 Å². The van der Waals surface area contributed by atoms with Crippen LogP contribution in [0.25, 0.3) is 22.3 Å². The smallest absolute Gasteiger partial charge is 0.222 e. The van der Waals surface area contributed by atoms with Gasteiger partial charge in [0, 0.05) is 35.5 Å². The van der Waals surface area contributed by atoms with Crippen molar-refractivity contribution in [2.45, 2.75) is 25.9 Å². The zero-order chi connectivity index (χ0) is 26.3. The maximum Gasteiger partial charge on any atom is 0.222 e. The molecule has 0 aliphatic heterocycles. The van der Waals surface area contributed by atoms with Crippen molar-refractivity contribution >= 4 is 34.2 Å². The molecule has 0 aliphatic carbocycles. The van der Waals surface area contributed by atoms with Gasteiger partial charge in [0.15, 0.2) is 5.82 Å². The van der Waals surface area contributed by atoms with Crippen LogP contribution < -0.4 is 10.2 Å². The van der Waals surface area contributed by atoms with Crippen molar-refractivity contribution in [1.82, 2.24) is 15.3 Å². The topological polar surface area (TPSA) is 58.1 Å². The number of carbonyl (C=O) groups is 1. The highest BCUT2D eigenvalue weighted by Gasteiger charge is 2.18. The van der Waals surface area contributed by atoms with Gasteiger partial charge >= 0.3 is 0 Å². The molecular formula is C32H29ClN4O. The van der Waals surface area contributed by atoms with Crippen molar-refractivity contribution in [3.05, 3.63) is 125 Å². The van der Waals surface area contributed by atoms with E-state index in [0.717, 1.165) is 33.4 Å². The average Bonchev–Trinajstić information content (AvgIpc) is 2.96. The SMILES string of the molecule is C[C@H](NC(=O)CCN(Cc1ccccc1)c1nc(-c2ccccc2)nc2cc(Cl)ccc12)c1ccccc1. The van der Waals surface area contributed by atoms with E-state index in [4.69, 9.17) is 21.6 Å². The molecule has 0 saturated carbocycles. The van der Waals surface area contributed by atoms with Crippen molar-refractivity contribution in [1.29, 1.82) is 0 Å². The van der Waals surface area contributed by atoms with E-state index in [9.17, 15) is 4.79 Å². The highest BCUT2D eigenvalue weighted by molar-refractivity contribution is 6.31. The van der Waals surface area contributed by atoms with Crippen molar-refractivity contribution in [2.24, 2.45) is 0 Å². The normalized spacial score (nSPS) is 11.7. The summed E-state index contributed by atoms with van der Waals surface area (Å²) in [5.74, 6) is 1.39. The summed E-state index contributed by atoms with van der Waals surface area (Å²) in [6.07, 6.45) is 0.323. The first-order chi connectivity index (χ1) is 18.6. The maximum absolute atomic E-state index is 13.0. The molecule has 190 valence electrons. The van der Waals surface area contributed by atoms with E-state index in [1.54, 1.807) is 0 Å². The molecule has 1 amide bonds. The Labute approximate surface area is 228 Å². The van der Waals surface area contributed by atoms with Crippen LogP contribution in [-0.4, -0.2) is 22.4 Å². The van der Waals surface area contributed by atoms with E-state index in [1.807, 2.05) is 104 Å². The molecule has 0 unspecified atom stereocenters. The van der Waals surface area contributed by atoms with Gasteiger partial charge in [0.2, 0.25) is 5.91 Å². The summed E-state index contributed by atoms with van der Waals surface area (Å²) in [6, 6.07) is 35.7. The number of amides is 1. The predicted molar refractivity (Wildman–Crippen MR) is 155 cm³/mol. The second-order valence-electron chi connectivity index (χ2n) is 9.26. The summed E-state index contributed by atoms with van der Waals surface area (Å²) in [5, 5.41) is 4.64. The largest absolute Gasteiger partial charge is 0.351 e. The highest BCUT2D eigenvalue weighted by atomic mass is 35.5. The number of fused-ring (bicyclic) bond motifs is 1. The van der Waals surface area contributed by atoms with Gasteiger partial charge in [-0.05, 0) is 36.2 Å². The number of anilines is 1. The average molecular weight is 521 g/mol. The Kier molecular flexibility index (Phi) is 7.95. The molecule has 0 aliphatic rings. The molecule has 1 atom stereocenters. The molecule has 1 N–H and O–H groups in total. The fourth-order valence-electron chi connectivity index (χ4n) is 4.48. The molecule has 5 rings (SSSR count). The van der Waals surface area contributed by atoms with E-state index in [0.29, 0.717) is 30.4 Å². The summed E-state index contributed by atoms with van der Waals surface area (Å²) in [4.78, 5) is 25.0. The molecule has 1 aromatic heterocycles. The van der Waals surface area contributed by atoms with Gasteiger partial charge < -0.3 is 10.2 Å². The maximum atomic E-state index is 13.0. The summed E-state index contributed by atoms with van der Waals surface area (Å²) in [5.41, 5.74) is 3.90. The molecule has 0 fully saturated rings. The fourth-order valence-corrected chi connectivity index (χ4v) is 4.65. The molecule has 6 heteroatoms. The zero-order valence-corrected chi connectivity index (χ0v) is 22.0. The molecule has 5 aromatic rings. The number of aromatic nitrogens is 2. The molecule has 0 bridgehead atoms. The monoisotopic (exact) mass is 520 g/mol. The van der Waals surface area contributed by atoms with Gasteiger partial charge in [-0.2, -0.15) is 0 Å². The van der Waals surface area contributed by atoms with E-state index in [2.05, 4.69) is 22.3 Å². The van der Waals surface area contributed by atoms with Gasteiger partial charge in [-0.25, -0.2) is 9.97 Å². The van der Waals surface area contributed by atoms with Gasteiger partial charge in [-0.1, -0.05) is 103 Å². The van der Waals surface area contributed by atoms with E-state index in [1.165, 1.54) is 0 Å². The number of rotatable bonds is 9. The zero-order valence-electron chi connectivity index (χ0n) is 21.2. The number of nitrogens with zero attached hydrogens (tertiary/aromatic N) is 3. The lowest BCUT2D eigenvalue weighted by Gasteiger charge is -2.26. The van der Waals surface area contributed by atoms with Crippen molar-refractivity contribution in [3.63, 3.8) is 0 Å². The molecule has 4 aromatic carbocycles. The van der Waals surface area contributed by atoms with Crippen molar-refractivity contribution < 1.29 is 4.79 Å². The third kappa shape index (κ3) is 6.18. The Bertz CT molecular complexity index is 1510. The van der Waals surface area contributed by atoms with Crippen LogP contribution in [0.1, 0.15) is 30.5 Å². The molecule has 0 saturated heterocycles. The summed E-state index contributed by atoms with van der Waals surface area (Å²) < 4.78 is 0. The molecule has 38 heavy (non-hydrogen) atoms. The summed E-state index contributed by atoms with van der Waals surface area (Å²) >= 11 is 6.35. The number of hydrogen-bond donors (Lipinski definition) is 1. The summed E-state index contributed by atoms with van der Waals surface area (Å²) in [6.45, 7) is 3.10. The molecule has 0 spiro atoms. The van der Waals surface area contributed by atoms with E-state index >= 15 is 0 Å². The molecule has 0 radical (unpaired) electrons. The van der Waals surface area contributed by atoms with Gasteiger partial charge in [0.25, 0.3) is 0 Å².